The van der Waals surface area contributed by atoms with E-state index < -0.39 is 5.97 Å². The molecule has 3 rings (SSSR count). The van der Waals surface area contributed by atoms with Crippen molar-refractivity contribution in [2.75, 3.05) is 6.79 Å². The van der Waals surface area contributed by atoms with E-state index in [1.54, 1.807) is 42.5 Å². The Balaban J connectivity index is 1.59. The van der Waals surface area contributed by atoms with Gasteiger partial charge in [-0.3, -0.25) is 0 Å². The highest BCUT2D eigenvalue weighted by Gasteiger charge is 2.16. The van der Waals surface area contributed by atoms with Crippen LogP contribution in [0.5, 0.6) is 11.5 Å². The molecule has 24 heavy (non-hydrogen) atoms. The average molecular weight is 386 g/mol. The first-order valence-electron chi connectivity index (χ1n) is 7.09. The second-order valence-electron chi connectivity index (χ2n) is 4.97. The Labute approximate surface area is 147 Å². The van der Waals surface area contributed by atoms with Gasteiger partial charge in [-0.25, -0.2) is 4.79 Å². The maximum atomic E-state index is 11.8. The van der Waals surface area contributed by atoms with Gasteiger partial charge in [0.2, 0.25) is 6.79 Å². The number of rotatable bonds is 4. The molecule has 0 unspecified atom stereocenters. The van der Waals surface area contributed by atoms with E-state index in [4.69, 9.17) is 19.5 Å². The van der Waals surface area contributed by atoms with Crippen LogP contribution in [0.25, 0.3) is 6.08 Å². The Bertz CT molecular complexity index is 837. The van der Waals surface area contributed by atoms with E-state index in [9.17, 15) is 4.79 Å². The molecule has 0 saturated heterocycles. The van der Waals surface area contributed by atoms with Crippen LogP contribution in [0, 0.1) is 11.3 Å². The van der Waals surface area contributed by atoms with E-state index in [1.165, 1.54) is 6.08 Å². The summed E-state index contributed by atoms with van der Waals surface area (Å²) in [7, 11) is 0. The van der Waals surface area contributed by atoms with Gasteiger partial charge >= 0.3 is 5.97 Å². The van der Waals surface area contributed by atoms with Gasteiger partial charge in [-0.2, -0.15) is 5.26 Å². The molecular weight excluding hydrogens is 374 g/mol. The fraction of sp³-hybridized carbons (Fsp3) is 0.111. The summed E-state index contributed by atoms with van der Waals surface area (Å²) in [5.41, 5.74) is 2.18. The molecule has 2 aromatic carbocycles. The van der Waals surface area contributed by atoms with Gasteiger partial charge in [0.25, 0.3) is 0 Å². The van der Waals surface area contributed by atoms with Crippen molar-refractivity contribution in [3.8, 4) is 17.6 Å². The van der Waals surface area contributed by atoms with Crippen LogP contribution in [0.4, 0.5) is 0 Å². The summed E-state index contributed by atoms with van der Waals surface area (Å²) in [6, 6.07) is 12.5. The molecule has 0 bridgehead atoms. The predicted molar refractivity (Wildman–Crippen MR) is 90.3 cm³/mol. The number of carbonyl (C=O) groups excluding carboxylic acids is 1. The Morgan fingerprint density at radius 3 is 2.67 bits per heavy atom. The van der Waals surface area contributed by atoms with Crippen molar-refractivity contribution in [2.24, 2.45) is 0 Å². The summed E-state index contributed by atoms with van der Waals surface area (Å²) in [4.78, 5) is 11.8. The molecule has 6 heteroatoms. The lowest BCUT2D eigenvalue weighted by Crippen LogP contribution is -2.01. The first-order chi connectivity index (χ1) is 11.7. The van der Waals surface area contributed by atoms with Crippen molar-refractivity contribution < 1.29 is 19.0 Å². The summed E-state index contributed by atoms with van der Waals surface area (Å²) in [6.07, 6.45) is 2.99. The fourth-order valence-corrected chi connectivity index (χ4v) is 2.54. The SMILES string of the molecule is N#Cc1ccc(/C=C/C(=O)OCc2cc3c(cc2Br)OCO3)cc1. The molecule has 0 radical (unpaired) electrons. The number of hydrogen-bond acceptors (Lipinski definition) is 5. The molecule has 0 aromatic heterocycles. The van der Waals surface area contributed by atoms with Gasteiger partial charge in [0.05, 0.1) is 11.6 Å². The first-order valence-corrected chi connectivity index (χ1v) is 7.88. The number of benzene rings is 2. The normalized spacial score (nSPS) is 12.2. The number of hydrogen-bond donors (Lipinski definition) is 0. The third-order valence-corrected chi connectivity index (χ3v) is 4.10. The summed E-state index contributed by atoms with van der Waals surface area (Å²) < 4.78 is 16.6. The molecule has 1 aliphatic heterocycles. The molecule has 5 nitrogen and oxygen atoms in total. The van der Waals surface area contributed by atoms with Crippen LogP contribution in [-0.2, 0) is 16.1 Å². The highest BCUT2D eigenvalue weighted by molar-refractivity contribution is 9.10. The van der Waals surface area contributed by atoms with Crippen LogP contribution < -0.4 is 9.47 Å². The molecule has 0 spiro atoms. The Hall–Kier alpha value is -2.78. The van der Waals surface area contributed by atoms with E-state index in [1.807, 2.05) is 6.07 Å². The van der Waals surface area contributed by atoms with Crippen molar-refractivity contribution in [3.05, 3.63) is 63.6 Å². The predicted octanol–water partition coefficient (Wildman–Crippen LogP) is 3.81. The van der Waals surface area contributed by atoms with E-state index in [0.717, 1.165) is 15.6 Å². The summed E-state index contributed by atoms with van der Waals surface area (Å²) in [5.74, 6) is 0.846. The molecule has 0 saturated carbocycles. The van der Waals surface area contributed by atoms with E-state index in [2.05, 4.69) is 15.9 Å². The highest BCUT2D eigenvalue weighted by Crippen LogP contribution is 2.37. The number of fused-ring (bicyclic) bond motifs is 1. The second kappa shape index (κ2) is 7.20. The molecule has 0 N–H and O–H groups in total. The highest BCUT2D eigenvalue weighted by atomic mass is 79.9. The molecule has 2 aromatic rings. The third-order valence-electron chi connectivity index (χ3n) is 3.36. The van der Waals surface area contributed by atoms with Gasteiger partial charge in [0.1, 0.15) is 6.61 Å². The minimum absolute atomic E-state index is 0.119. The lowest BCUT2D eigenvalue weighted by molar-refractivity contribution is -0.138. The van der Waals surface area contributed by atoms with E-state index >= 15 is 0 Å². The number of nitriles is 1. The average Bonchev–Trinajstić information content (AvgIpc) is 3.05. The van der Waals surface area contributed by atoms with Gasteiger partial charge in [0, 0.05) is 16.1 Å². The Kier molecular flexibility index (Phi) is 4.82. The number of nitrogens with zero attached hydrogens (tertiary/aromatic N) is 1. The monoisotopic (exact) mass is 385 g/mol. The van der Waals surface area contributed by atoms with Crippen molar-refractivity contribution in [1.29, 1.82) is 5.26 Å². The Morgan fingerprint density at radius 2 is 1.96 bits per heavy atom. The maximum absolute atomic E-state index is 11.8. The minimum Gasteiger partial charge on any atom is -0.458 e. The number of esters is 1. The van der Waals surface area contributed by atoms with E-state index in [-0.39, 0.29) is 13.4 Å². The summed E-state index contributed by atoms with van der Waals surface area (Å²) >= 11 is 3.42. The lowest BCUT2D eigenvalue weighted by atomic mass is 10.1. The molecule has 1 heterocycles. The van der Waals surface area contributed by atoms with Crippen molar-refractivity contribution in [3.63, 3.8) is 0 Å². The standard InChI is InChI=1S/C18H12BrNO4/c19-15-8-17-16(23-11-24-17)7-14(15)10-22-18(21)6-5-12-1-3-13(9-20)4-2-12/h1-8H,10-11H2/b6-5+. The van der Waals surface area contributed by atoms with Gasteiger partial charge in [-0.05, 0) is 35.9 Å². The molecule has 0 fully saturated rings. The first kappa shape index (κ1) is 16.1. The number of carbonyl (C=O) groups is 1. The summed E-state index contributed by atoms with van der Waals surface area (Å²) in [6.45, 7) is 0.312. The summed E-state index contributed by atoms with van der Waals surface area (Å²) in [5, 5.41) is 8.74. The van der Waals surface area contributed by atoms with Gasteiger partial charge in [0.15, 0.2) is 11.5 Å². The second-order valence-corrected chi connectivity index (χ2v) is 5.83. The molecule has 120 valence electrons. The minimum atomic E-state index is -0.455. The molecule has 1 aliphatic rings. The molecular formula is C18H12BrNO4. The lowest BCUT2D eigenvalue weighted by Gasteiger charge is -2.06. The zero-order valence-electron chi connectivity index (χ0n) is 12.5. The van der Waals surface area contributed by atoms with Crippen LogP contribution in [0.2, 0.25) is 0 Å². The molecule has 0 atom stereocenters. The maximum Gasteiger partial charge on any atom is 0.331 e. The van der Waals surface area contributed by atoms with Crippen molar-refractivity contribution in [2.45, 2.75) is 6.61 Å². The van der Waals surface area contributed by atoms with Gasteiger partial charge in [-0.1, -0.05) is 28.1 Å². The van der Waals surface area contributed by atoms with Gasteiger partial charge in [-0.15, -0.1) is 0 Å². The largest absolute Gasteiger partial charge is 0.458 e. The Morgan fingerprint density at radius 1 is 1.25 bits per heavy atom. The number of halogens is 1. The third kappa shape index (κ3) is 3.76. The van der Waals surface area contributed by atoms with Crippen LogP contribution in [0.15, 0.2) is 46.9 Å². The molecule has 0 aliphatic carbocycles. The van der Waals surface area contributed by atoms with Crippen LogP contribution >= 0.6 is 15.9 Å². The quantitative estimate of drug-likeness (QED) is 0.591. The van der Waals surface area contributed by atoms with Crippen molar-refractivity contribution >= 4 is 28.0 Å². The smallest absolute Gasteiger partial charge is 0.331 e. The molecule has 0 amide bonds. The topological polar surface area (TPSA) is 68.6 Å². The van der Waals surface area contributed by atoms with Crippen LogP contribution in [-0.4, -0.2) is 12.8 Å². The van der Waals surface area contributed by atoms with Crippen LogP contribution in [0.1, 0.15) is 16.7 Å². The van der Waals surface area contributed by atoms with Gasteiger partial charge < -0.3 is 14.2 Å². The number of ether oxygens (including phenoxy) is 3. The van der Waals surface area contributed by atoms with Crippen molar-refractivity contribution in [1.82, 2.24) is 0 Å². The zero-order chi connectivity index (χ0) is 16.9. The van der Waals surface area contributed by atoms with E-state index in [0.29, 0.717) is 17.1 Å². The van der Waals surface area contributed by atoms with Crippen LogP contribution in [0.3, 0.4) is 0 Å². The fourth-order valence-electron chi connectivity index (χ4n) is 2.10. The zero-order valence-corrected chi connectivity index (χ0v) is 14.1.